The quantitative estimate of drug-likeness (QED) is 0.408. The van der Waals surface area contributed by atoms with Crippen LogP contribution in [-0.2, 0) is 0 Å². The van der Waals surface area contributed by atoms with Crippen LogP contribution in [0.15, 0.2) is 42.7 Å². The first-order valence-corrected chi connectivity index (χ1v) is 12.5. The summed E-state index contributed by atoms with van der Waals surface area (Å²) in [6.07, 6.45) is 2.64. The third-order valence-electron chi connectivity index (χ3n) is 7.41. The van der Waals surface area contributed by atoms with E-state index in [1.165, 1.54) is 18.2 Å². The smallest absolute Gasteiger partial charge is 0.181 e. The molecule has 6 rings (SSSR count). The number of anilines is 3. The molecule has 4 aromatic rings. The maximum absolute atomic E-state index is 15.7. The van der Waals surface area contributed by atoms with E-state index in [0.29, 0.717) is 59.3 Å². The zero-order chi connectivity index (χ0) is 27.4. The number of fused-ring (bicyclic) bond motifs is 2. The first kappa shape index (κ1) is 25.0. The first-order valence-electron chi connectivity index (χ1n) is 12.5. The Hall–Kier alpha value is -4.34. The van der Waals surface area contributed by atoms with Crippen molar-refractivity contribution in [1.82, 2.24) is 24.8 Å². The van der Waals surface area contributed by atoms with Gasteiger partial charge in [-0.3, -0.25) is 9.41 Å². The van der Waals surface area contributed by atoms with Gasteiger partial charge in [-0.2, -0.15) is 5.26 Å². The molecular weight excluding hydrogens is 507 g/mol. The van der Waals surface area contributed by atoms with Crippen molar-refractivity contribution in [2.24, 2.45) is 0 Å². The Morgan fingerprint density at radius 2 is 1.97 bits per heavy atom. The Bertz CT molecular complexity index is 1630. The maximum atomic E-state index is 15.7. The molecular formula is C27H26F3N9. The lowest BCUT2D eigenvalue weighted by Crippen LogP contribution is -2.52. The van der Waals surface area contributed by atoms with Crippen molar-refractivity contribution in [2.45, 2.75) is 18.6 Å². The minimum atomic E-state index is -0.969. The van der Waals surface area contributed by atoms with Crippen LogP contribution in [-0.4, -0.2) is 65.7 Å². The lowest BCUT2D eigenvalue weighted by atomic mass is 10.0. The molecule has 0 spiro atoms. The van der Waals surface area contributed by atoms with Gasteiger partial charge in [0.2, 0.25) is 0 Å². The molecule has 200 valence electrons. The number of halogens is 3. The lowest BCUT2D eigenvalue weighted by Gasteiger charge is -2.38. The average Bonchev–Trinajstić information content (AvgIpc) is 3.48. The van der Waals surface area contributed by atoms with Crippen molar-refractivity contribution in [3.8, 4) is 28.6 Å². The topological polar surface area (TPSA) is 87.8 Å². The van der Waals surface area contributed by atoms with Crippen LogP contribution in [0.2, 0.25) is 0 Å². The summed E-state index contributed by atoms with van der Waals surface area (Å²) < 4.78 is 46.9. The van der Waals surface area contributed by atoms with E-state index in [0.717, 1.165) is 0 Å². The molecule has 12 heteroatoms. The number of imidazole rings is 1. The Morgan fingerprint density at radius 3 is 2.72 bits per heavy atom. The number of hydrogen-bond donors (Lipinski definition) is 2. The molecule has 2 aromatic heterocycles. The van der Waals surface area contributed by atoms with E-state index in [9.17, 15) is 14.0 Å². The van der Waals surface area contributed by atoms with Gasteiger partial charge in [0.05, 0.1) is 34.4 Å². The van der Waals surface area contributed by atoms with Crippen LogP contribution in [0.25, 0.3) is 28.2 Å². The van der Waals surface area contributed by atoms with Gasteiger partial charge in [-0.1, -0.05) is 6.07 Å². The first-order chi connectivity index (χ1) is 18.8. The Balaban J connectivity index is 1.58. The Morgan fingerprint density at radius 1 is 1.15 bits per heavy atom. The van der Waals surface area contributed by atoms with Crippen molar-refractivity contribution in [3.63, 3.8) is 0 Å². The second-order valence-electron chi connectivity index (χ2n) is 9.99. The number of nitrogens with zero attached hydrogens (tertiary/aromatic N) is 7. The fraction of sp³-hybridized carbons (Fsp3) is 0.296. The predicted molar refractivity (Wildman–Crippen MR) is 143 cm³/mol. The third kappa shape index (κ3) is 4.10. The van der Waals surface area contributed by atoms with Gasteiger partial charge in [0, 0.05) is 49.7 Å². The van der Waals surface area contributed by atoms with Crippen molar-refractivity contribution in [3.05, 3.63) is 59.9 Å². The zero-order valence-electron chi connectivity index (χ0n) is 21.6. The molecule has 2 atom stereocenters. The van der Waals surface area contributed by atoms with Crippen molar-refractivity contribution in [2.75, 3.05) is 49.6 Å². The molecule has 1 fully saturated rings. The Kier molecular flexibility index (Phi) is 6.05. The van der Waals surface area contributed by atoms with E-state index in [1.54, 1.807) is 41.0 Å². The molecule has 0 amide bonds. The van der Waals surface area contributed by atoms with Crippen LogP contribution < -0.4 is 20.9 Å². The summed E-state index contributed by atoms with van der Waals surface area (Å²) in [5.41, 5.74) is 8.92. The summed E-state index contributed by atoms with van der Waals surface area (Å²) in [6.45, 7) is 0.843. The normalized spacial score (nSPS) is 18.9. The van der Waals surface area contributed by atoms with Crippen LogP contribution in [0.1, 0.15) is 12.0 Å². The molecule has 2 aliphatic heterocycles. The van der Waals surface area contributed by atoms with Gasteiger partial charge in [-0.25, -0.2) is 23.1 Å². The molecule has 39 heavy (non-hydrogen) atoms. The molecule has 0 aliphatic carbocycles. The third-order valence-corrected chi connectivity index (χ3v) is 7.41. The number of benzene rings is 2. The predicted octanol–water partition coefficient (Wildman–Crippen LogP) is 3.97. The number of rotatable bonds is 4. The van der Waals surface area contributed by atoms with Gasteiger partial charge in [-0.05, 0) is 38.7 Å². The number of nitrogens with one attached hydrogen (secondary N) is 2. The lowest BCUT2D eigenvalue weighted by molar-refractivity contribution is 0.137. The highest BCUT2D eigenvalue weighted by Gasteiger charge is 2.33. The fourth-order valence-corrected chi connectivity index (χ4v) is 5.31. The number of likely N-dealkylation sites (N-methyl/N-ethyl adjacent to an activating group) is 1. The number of hydrazine groups is 2. The monoisotopic (exact) mass is 533 g/mol. The minimum absolute atomic E-state index is 0.0998. The molecule has 2 aromatic carbocycles. The summed E-state index contributed by atoms with van der Waals surface area (Å²) >= 11 is 0. The van der Waals surface area contributed by atoms with Crippen LogP contribution in [0.4, 0.5) is 30.4 Å². The summed E-state index contributed by atoms with van der Waals surface area (Å²) in [7, 11) is 5.45. The van der Waals surface area contributed by atoms with E-state index < -0.39 is 17.8 Å². The average molecular weight is 534 g/mol. The van der Waals surface area contributed by atoms with Gasteiger partial charge in [-0.15, -0.1) is 5.53 Å². The summed E-state index contributed by atoms with van der Waals surface area (Å²) in [6, 6.07) is 8.78. The van der Waals surface area contributed by atoms with E-state index in [-0.39, 0.29) is 17.2 Å². The standard InChI is InChI=1S/C27H26F3N9/c1-36(2)23-14-38(8-6-18(23)28)26-27-33-24(15-4-5-16(13-31)19(29)10-15)25(39(27)9-7-32-26)17-11-21-22(12-20(17)30)37(3)35-34-21/h4-5,7,9-12,18,23,34-35H,6,8,14H2,1-3H3/t18-,23+/m1/s1. The van der Waals surface area contributed by atoms with E-state index in [4.69, 9.17) is 4.98 Å². The van der Waals surface area contributed by atoms with E-state index >= 15 is 4.39 Å². The highest BCUT2D eigenvalue weighted by Crippen LogP contribution is 2.41. The van der Waals surface area contributed by atoms with E-state index in [2.05, 4.69) is 15.9 Å². The fourth-order valence-electron chi connectivity index (χ4n) is 5.31. The number of aromatic nitrogens is 3. The van der Waals surface area contributed by atoms with Gasteiger partial charge in [0.15, 0.2) is 11.5 Å². The second kappa shape index (κ2) is 9.44. The molecule has 9 nitrogen and oxygen atoms in total. The maximum Gasteiger partial charge on any atom is 0.181 e. The zero-order valence-corrected chi connectivity index (χ0v) is 21.6. The molecule has 2 aliphatic rings. The number of nitriles is 1. The Labute approximate surface area is 223 Å². The van der Waals surface area contributed by atoms with Crippen LogP contribution in [0, 0.1) is 23.0 Å². The highest BCUT2D eigenvalue weighted by molar-refractivity contribution is 5.88. The van der Waals surface area contributed by atoms with E-state index in [1.807, 2.05) is 30.0 Å². The molecule has 0 saturated carbocycles. The number of alkyl halides is 1. The van der Waals surface area contributed by atoms with Gasteiger partial charge in [0.1, 0.15) is 23.9 Å². The summed E-state index contributed by atoms with van der Waals surface area (Å²) in [4.78, 5) is 13.3. The largest absolute Gasteiger partial charge is 0.352 e. The van der Waals surface area contributed by atoms with Crippen LogP contribution in [0.3, 0.4) is 0 Å². The number of hydrogen-bond acceptors (Lipinski definition) is 8. The summed E-state index contributed by atoms with van der Waals surface area (Å²) in [5, 5.41) is 10.9. The number of piperidine rings is 1. The van der Waals surface area contributed by atoms with Gasteiger partial charge < -0.3 is 15.2 Å². The molecule has 0 radical (unpaired) electrons. The van der Waals surface area contributed by atoms with Crippen LogP contribution in [0.5, 0.6) is 0 Å². The minimum Gasteiger partial charge on any atom is -0.352 e. The highest BCUT2D eigenvalue weighted by atomic mass is 19.1. The van der Waals surface area contributed by atoms with Crippen molar-refractivity contribution in [1.29, 1.82) is 5.26 Å². The molecule has 0 unspecified atom stereocenters. The molecule has 4 heterocycles. The van der Waals surface area contributed by atoms with Crippen molar-refractivity contribution >= 4 is 22.8 Å². The molecule has 2 N–H and O–H groups in total. The molecule has 0 bridgehead atoms. The SMILES string of the molecule is CN1NNc2cc(-c3c(-c4ccc(C#N)c(F)c4)nc4c(N5CC[C@@H](F)[C@@H](N(C)C)C5)nccn34)c(F)cc21. The van der Waals surface area contributed by atoms with Crippen molar-refractivity contribution < 1.29 is 13.2 Å². The second-order valence-corrected chi connectivity index (χ2v) is 9.99. The summed E-state index contributed by atoms with van der Waals surface area (Å²) in [5.74, 6) is -0.663. The molecule has 1 saturated heterocycles. The van der Waals surface area contributed by atoms with Gasteiger partial charge >= 0.3 is 0 Å². The van der Waals surface area contributed by atoms with Crippen LogP contribution >= 0.6 is 0 Å². The van der Waals surface area contributed by atoms with Gasteiger partial charge in [0.25, 0.3) is 0 Å².